The number of benzene rings is 1. The molecule has 1 N–H and O–H groups in total. The van der Waals surface area contributed by atoms with E-state index in [1.807, 2.05) is 25.1 Å². The van der Waals surface area contributed by atoms with Crippen molar-refractivity contribution in [1.82, 2.24) is 5.32 Å². The number of halogens is 1. The number of para-hydroxylation sites is 2. The Kier molecular flexibility index (Phi) is 4.69. The Morgan fingerprint density at radius 2 is 2.11 bits per heavy atom. The molecule has 1 aromatic rings. The third kappa shape index (κ3) is 3.41. The smallest absolute Gasteiger partial charge is 0.264 e. The van der Waals surface area contributed by atoms with Crippen LogP contribution in [-0.4, -0.2) is 30.0 Å². The Labute approximate surface area is 121 Å². The van der Waals surface area contributed by atoms with Gasteiger partial charge in [0.15, 0.2) is 11.5 Å². The second kappa shape index (κ2) is 6.28. The summed E-state index contributed by atoms with van der Waals surface area (Å²) >= 11 is 3.42. The first kappa shape index (κ1) is 14.2. The van der Waals surface area contributed by atoms with Crippen LogP contribution in [0.1, 0.15) is 13.8 Å². The monoisotopic (exact) mass is 327 g/mol. The number of alkyl halides is 1. The molecule has 1 aromatic carbocycles. The topological polar surface area (TPSA) is 47.6 Å². The number of carbonyl (C=O) groups excluding carboxylic acids is 1. The highest BCUT2D eigenvalue weighted by Crippen LogP contribution is 2.30. The average Bonchev–Trinajstić information content (AvgIpc) is 2.45. The van der Waals surface area contributed by atoms with Crippen molar-refractivity contribution in [3.05, 3.63) is 24.3 Å². The summed E-state index contributed by atoms with van der Waals surface area (Å²) in [4.78, 5) is 12.1. The molecule has 19 heavy (non-hydrogen) atoms. The van der Waals surface area contributed by atoms with E-state index < -0.39 is 6.10 Å². The molecule has 0 bridgehead atoms. The van der Waals surface area contributed by atoms with Gasteiger partial charge in [0, 0.05) is 11.4 Å². The molecule has 1 aliphatic heterocycles. The minimum absolute atomic E-state index is 0.0904. The van der Waals surface area contributed by atoms with Crippen molar-refractivity contribution in [3.63, 3.8) is 0 Å². The summed E-state index contributed by atoms with van der Waals surface area (Å²) in [5, 5.41) is 3.80. The lowest BCUT2D eigenvalue weighted by atomic mass is 10.1. The average molecular weight is 328 g/mol. The molecular formula is C14H18BrNO3. The number of hydrogen-bond donors (Lipinski definition) is 1. The van der Waals surface area contributed by atoms with Gasteiger partial charge in [0.05, 0.1) is 0 Å². The first-order valence-electron chi connectivity index (χ1n) is 6.36. The fourth-order valence-corrected chi connectivity index (χ4v) is 2.30. The van der Waals surface area contributed by atoms with Gasteiger partial charge in [-0.3, -0.25) is 4.79 Å². The molecule has 1 heterocycles. The molecule has 5 heteroatoms. The van der Waals surface area contributed by atoms with Crippen molar-refractivity contribution in [2.24, 2.45) is 5.92 Å². The van der Waals surface area contributed by atoms with Crippen LogP contribution in [0.3, 0.4) is 0 Å². The van der Waals surface area contributed by atoms with Gasteiger partial charge in [-0.1, -0.05) is 35.0 Å². The Hall–Kier alpha value is -1.23. The summed E-state index contributed by atoms with van der Waals surface area (Å²) in [5.74, 6) is 1.54. The Morgan fingerprint density at radius 3 is 2.79 bits per heavy atom. The minimum Gasteiger partial charge on any atom is -0.485 e. The molecule has 0 fully saturated rings. The highest BCUT2D eigenvalue weighted by atomic mass is 79.9. The van der Waals surface area contributed by atoms with Crippen LogP contribution in [0.15, 0.2) is 24.3 Å². The maximum Gasteiger partial charge on any atom is 0.264 e. The van der Waals surface area contributed by atoms with Gasteiger partial charge in [-0.15, -0.1) is 0 Å². The van der Waals surface area contributed by atoms with Gasteiger partial charge in [-0.05, 0) is 25.0 Å². The summed E-state index contributed by atoms with van der Waals surface area (Å²) in [6.45, 7) is 4.31. The Morgan fingerprint density at radius 1 is 1.42 bits per heavy atom. The number of rotatable bonds is 4. The summed E-state index contributed by atoms with van der Waals surface area (Å²) < 4.78 is 11.2. The van der Waals surface area contributed by atoms with E-state index >= 15 is 0 Å². The van der Waals surface area contributed by atoms with E-state index in [4.69, 9.17) is 9.47 Å². The predicted octanol–water partition coefficient (Wildman–Crippen LogP) is 2.36. The predicted molar refractivity (Wildman–Crippen MR) is 76.9 cm³/mol. The van der Waals surface area contributed by atoms with Crippen LogP contribution in [0.4, 0.5) is 0 Å². The second-order valence-corrected chi connectivity index (χ2v) is 5.44. The van der Waals surface area contributed by atoms with E-state index in [1.165, 1.54) is 0 Å². The van der Waals surface area contributed by atoms with E-state index in [1.54, 1.807) is 6.07 Å². The first-order chi connectivity index (χ1) is 9.11. The highest BCUT2D eigenvalue weighted by Gasteiger charge is 2.28. The van der Waals surface area contributed by atoms with Gasteiger partial charge in [0.1, 0.15) is 6.61 Å². The van der Waals surface area contributed by atoms with E-state index in [0.29, 0.717) is 17.4 Å². The number of amides is 1. The van der Waals surface area contributed by atoms with E-state index in [2.05, 4.69) is 28.2 Å². The van der Waals surface area contributed by atoms with Crippen molar-refractivity contribution < 1.29 is 14.3 Å². The number of fused-ring (bicyclic) bond motifs is 1. The fourth-order valence-electron chi connectivity index (χ4n) is 1.74. The highest BCUT2D eigenvalue weighted by molar-refractivity contribution is 9.09. The Balaban J connectivity index is 1.95. The van der Waals surface area contributed by atoms with Gasteiger partial charge < -0.3 is 14.8 Å². The normalized spacial score (nSPS) is 20.5. The van der Waals surface area contributed by atoms with Crippen LogP contribution in [-0.2, 0) is 4.79 Å². The lowest BCUT2D eigenvalue weighted by molar-refractivity contribution is -0.131. The zero-order valence-corrected chi connectivity index (χ0v) is 12.6. The number of carbonyl (C=O) groups is 1. The van der Waals surface area contributed by atoms with Gasteiger partial charge in [-0.2, -0.15) is 0 Å². The first-order valence-corrected chi connectivity index (χ1v) is 7.48. The molecule has 0 aliphatic carbocycles. The summed E-state index contributed by atoms with van der Waals surface area (Å²) in [6, 6.07) is 7.46. The molecule has 0 saturated carbocycles. The van der Waals surface area contributed by atoms with Crippen molar-refractivity contribution in [2.45, 2.75) is 26.0 Å². The van der Waals surface area contributed by atoms with Crippen molar-refractivity contribution in [1.29, 1.82) is 0 Å². The van der Waals surface area contributed by atoms with Gasteiger partial charge in [0.25, 0.3) is 5.91 Å². The van der Waals surface area contributed by atoms with Crippen LogP contribution in [0.5, 0.6) is 11.5 Å². The lowest BCUT2D eigenvalue weighted by Gasteiger charge is -2.27. The van der Waals surface area contributed by atoms with Gasteiger partial charge >= 0.3 is 0 Å². The van der Waals surface area contributed by atoms with Crippen LogP contribution in [0, 0.1) is 5.92 Å². The van der Waals surface area contributed by atoms with Crippen molar-refractivity contribution >= 4 is 21.8 Å². The quantitative estimate of drug-likeness (QED) is 0.863. The summed E-state index contributed by atoms with van der Waals surface area (Å²) in [6.07, 6.45) is -0.583. The second-order valence-electron chi connectivity index (χ2n) is 4.79. The van der Waals surface area contributed by atoms with E-state index in [9.17, 15) is 4.79 Å². The molecule has 3 unspecified atom stereocenters. The number of ether oxygens (including phenoxy) is 2. The summed E-state index contributed by atoms with van der Waals surface area (Å²) in [5.41, 5.74) is 0. The molecule has 0 saturated heterocycles. The van der Waals surface area contributed by atoms with Crippen molar-refractivity contribution in [2.75, 3.05) is 11.9 Å². The molecule has 104 valence electrons. The molecule has 0 spiro atoms. The molecule has 0 radical (unpaired) electrons. The van der Waals surface area contributed by atoms with Gasteiger partial charge in [0.2, 0.25) is 6.10 Å². The van der Waals surface area contributed by atoms with E-state index in [0.717, 1.165) is 5.33 Å². The van der Waals surface area contributed by atoms with Crippen LogP contribution >= 0.6 is 15.9 Å². The number of nitrogens with one attached hydrogen (secondary N) is 1. The largest absolute Gasteiger partial charge is 0.485 e. The molecule has 0 aromatic heterocycles. The van der Waals surface area contributed by atoms with Crippen molar-refractivity contribution in [3.8, 4) is 11.5 Å². The maximum atomic E-state index is 12.1. The van der Waals surface area contributed by atoms with Crippen LogP contribution in [0.2, 0.25) is 0 Å². The third-order valence-electron chi connectivity index (χ3n) is 3.27. The Bertz CT molecular complexity index is 452. The summed E-state index contributed by atoms with van der Waals surface area (Å²) in [7, 11) is 0. The standard InChI is InChI=1S/C14H18BrNO3/c1-9(7-15)10(2)16-14(17)13-8-18-11-5-3-4-6-12(11)19-13/h3-6,9-10,13H,7-8H2,1-2H3,(H,16,17). The SMILES string of the molecule is CC(CBr)C(C)NC(=O)C1COc2ccccc2O1. The maximum absolute atomic E-state index is 12.1. The van der Waals surface area contributed by atoms with Crippen LogP contribution < -0.4 is 14.8 Å². The third-order valence-corrected chi connectivity index (χ3v) is 4.29. The molecule has 4 nitrogen and oxygen atoms in total. The molecule has 2 rings (SSSR count). The zero-order valence-electron chi connectivity index (χ0n) is 11.1. The van der Waals surface area contributed by atoms with Gasteiger partial charge in [-0.25, -0.2) is 0 Å². The van der Waals surface area contributed by atoms with Crippen LogP contribution in [0.25, 0.3) is 0 Å². The fraction of sp³-hybridized carbons (Fsp3) is 0.500. The molecule has 1 aliphatic rings. The van der Waals surface area contributed by atoms with E-state index in [-0.39, 0.29) is 18.6 Å². The molecular weight excluding hydrogens is 310 g/mol. The molecule has 3 atom stereocenters. The molecule has 1 amide bonds. The number of hydrogen-bond acceptors (Lipinski definition) is 3. The zero-order chi connectivity index (χ0) is 13.8. The lowest BCUT2D eigenvalue weighted by Crippen LogP contribution is -2.48. The minimum atomic E-state index is -0.583.